The highest BCUT2D eigenvalue weighted by molar-refractivity contribution is 7.80. The van der Waals surface area contributed by atoms with E-state index >= 15 is 0 Å². The summed E-state index contributed by atoms with van der Waals surface area (Å²) in [5.74, 6) is 1.53. The topological polar surface area (TPSA) is 23.5 Å². The second-order valence-electron chi connectivity index (χ2n) is 5.70. The van der Waals surface area contributed by atoms with E-state index < -0.39 is 0 Å². The molecule has 1 atom stereocenters. The fourth-order valence-electron chi connectivity index (χ4n) is 1.88. The molecular formula is C12H25NOS. The Morgan fingerprint density at radius 1 is 1.40 bits per heavy atom. The van der Waals surface area contributed by atoms with E-state index in [1.54, 1.807) is 0 Å². The summed E-state index contributed by atoms with van der Waals surface area (Å²) in [6.07, 6.45) is 2.62. The number of thiol groups is 1. The van der Waals surface area contributed by atoms with Crippen molar-refractivity contribution in [1.82, 2.24) is 4.90 Å². The van der Waals surface area contributed by atoms with Gasteiger partial charge < -0.3 is 5.11 Å². The van der Waals surface area contributed by atoms with Gasteiger partial charge in [-0.3, -0.25) is 4.90 Å². The molecule has 0 saturated heterocycles. The van der Waals surface area contributed by atoms with Crippen LogP contribution in [0, 0.1) is 11.3 Å². The van der Waals surface area contributed by atoms with Gasteiger partial charge in [-0.25, -0.2) is 0 Å². The first-order valence-corrected chi connectivity index (χ1v) is 6.58. The van der Waals surface area contributed by atoms with Crippen LogP contribution >= 0.6 is 12.6 Å². The molecule has 1 unspecified atom stereocenters. The van der Waals surface area contributed by atoms with Gasteiger partial charge in [-0.05, 0) is 29.9 Å². The van der Waals surface area contributed by atoms with Crippen LogP contribution in [-0.4, -0.2) is 41.5 Å². The maximum Gasteiger partial charge on any atom is 0.0558 e. The number of aliphatic hydroxyl groups is 1. The van der Waals surface area contributed by atoms with E-state index in [1.165, 1.54) is 12.8 Å². The number of hydrogen-bond acceptors (Lipinski definition) is 3. The van der Waals surface area contributed by atoms with Crippen molar-refractivity contribution in [1.29, 1.82) is 0 Å². The first kappa shape index (κ1) is 13.3. The van der Waals surface area contributed by atoms with Crippen molar-refractivity contribution >= 4 is 12.6 Å². The molecule has 0 heterocycles. The van der Waals surface area contributed by atoms with E-state index in [0.29, 0.717) is 11.3 Å². The zero-order chi connectivity index (χ0) is 11.5. The minimum absolute atomic E-state index is 0.278. The molecule has 0 amide bonds. The SMILES string of the molecule is CC(C)(C)C(CS)CN(CCO)C1CC1. The van der Waals surface area contributed by atoms with Crippen molar-refractivity contribution < 1.29 is 5.11 Å². The minimum atomic E-state index is 0.278. The van der Waals surface area contributed by atoms with Crippen LogP contribution in [0.5, 0.6) is 0 Å². The van der Waals surface area contributed by atoms with Crippen molar-refractivity contribution in [2.24, 2.45) is 11.3 Å². The van der Waals surface area contributed by atoms with E-state index in [9.17, 15) is 0 Å². The Balaban J connectivity index is 2.47. The summed E-state index contributed by atoms with van der Waals surface area (Å²) < 4.78 is 0. The molecule has 0 bridgehead atoms. The average molecular weight is 231 g/mol. The molecule has 15 heavy (non-hydrogen) atoms. The Morgan fingerprint density at radius 2 is 2.00 bits per heavy atom. The molecule has 1 saturated carbocycles. The lowest BCUT2D eigenvalue weighted by Gasteiger charge is -2.34. The molecule has 1 aliphatic carbocycles. The van der Waals surface area contributed by atoms with Crippen molar-refractivity contribution in [2.45, 2.75) is 39.7 Å². The van der Waals surface area contributed by atoms with Crippen LogP contribution in [0.1, 0.15) is 33.6 Å². The zero-order valence-electron chi connectivity index (χ0n) is 10.2. The van der Waals surface area contributed by atoms with Gasteiger partial charge in [0, 0.05) is 19.1 Å². The minimum Gasteiger partial charge on any atom is -0.395 e. The predicted octanol–water partition coefficient (Wildman–Crippen LogP) is 2.04. The molecule has 0 spiro atoms. The van der Waals surface area contributed by atoms with Gasteiger partial charge in [0.05, 0.1) is 6.61 Å². The van der Waals surface area contributed by atoms with E-state index in [0.717, 1.165) is 24.9 Å². The Hall–Kier alpha value is 0.270. The van der Waals surface area contributed by atoms with Crippen LogP contribution in [0.3, 0.4) is 0 Å². The number of hydrogen-bond donors (Lipinski definition) is 2. The molecule has 1 N–H and O–H groups in total. The first-order valence-electron chi connectivity index (χ1n) is 5.94. The lowest BCUT2D eigenvalue weighted by Crippen LogP contribution is -2.39. The third-order valence-corrected chi connectivity index (χ3v) is 3.79. The summed E-state index contributed by atoms with van der Waals surface area (Å²) in [6, 6.07) is 0.738. The molecule has 0 aromatic carbocycles. The van der Waals surface area contributed by atoms with Crippen LogP contribution in [0.25, 0.3) is 0 Å². The maximum atomic E-state index is 9.04. The van der Waals surface area contributed by atoms with Crippen molar-refractivity contribution in [2.75, 3.05) is 25.4 Å². The van der Waals surface area contributed by atoms with Crippen LogP contribution in [0.15, 0.2) is 0 Å². The van der Waals surface area contributed by atoms with Gasteiger partial charge in [0.1, 0.15) is 0 Å². The summed E-state index contributed by atoms with van der Waals surface area (Å²) in [6.45, 7) is 9.01. The zero-order valence-corrected chi connectivity index (χ0v) is 11.1. The van der Waals surface area contributed by atoms with Crippen molar-refractivity contribution in [3.8, 4) is 0 Å². The van der Waals surface area contributed by atoms with Gasteiger partial charge >= 0.3 is 0 Å². The van der Waals surface area contributed by atoms with Crippen LogP contribution in [-0.2, 0) is 0 Å². The first-order chi connectivity index (χ1) is 6.99. The lowest BCUT2D eigenvalue weighted by molar-refractivity contribution is 0.133. The van der Waals surface area contributed by atoms with E-state index in [-0.39, 0.29) is 6.61 Å². The maximum absolute atomic E-state index is 9.04. The number of rotatable bonds is 6. The molecule has 1 aliphatic rings. The van der Waals surface area contributed by atoms with E-state index in [4.69, 9.17) is 5.11 Å². The summed E-state index contributed by atoms with van der Waals surface area (Å²) in [7, 11) is 0. The second-order valence-corrected chi connectivity index (χ2v) is 6.06. The van der Waals surface area contributed by atoms with E-state index in [1.807, 2.05) is 0 Å². The van der Waals surface area contributed by atoms with Crippen LogP contribution in [0.4, 0.5) is 0 Å². The highest BCUT2D eigenvalue weighted by Crippen LogP contribution is 2.32. The highest BCUT2D eigenvalue weighted by Gasteiger charge is 2.32. The molecule has 1 rings (SSSR count). The number of nitrogens with zero attached hydrogens (tertiary/aromatic N) is 1. The summed E-state index contributed by atoms with van der Waals surface area (Å²) in [5, 5.41) is 9.04. The Morgan fingerprint density at radius 3 is 2.33 bits per heavy atom. The van der Waals surface area contributed by atoms with Gasteiger partial charge in [-0.2, -0.15) is 12.6 Å². The molecule has 0 aromatic rings. The summed E-state index contributed by atoms with van der Waals surface area (Å²) in [4.78, 5) is 2.44. The van der Waals surface area contributed by atoms with E-state index in [2.05, 4.69) is 38.3 Å². The fraction of sp³-hybridized carbons (Fsp3) is 1.00. The monoisotopic (exact) mass is 231 g/mol. The normalized spacial score (nSPS) is 19.6. The standard InChI is InChI=1S/C12H25NOS/c1-12(2,3)10(9-15)8-13(6-7-14)11-4-5-11/h10-11,14-15H,4-9H2,1-3H3. The Bertz CT molecular complexity index is 187. The molecule has 2 nitrogen and oxygen atoms in total. The molecule has 1 fully saturated rings. The summed E-state index contributed by atoms with van der Waals surface area (Å²) in [5.41, 5.74) is 0.310. The second kappa shape index (κ2) is 5.55. The fourth-order valence-corrected chi connectivity index (χ4v) is 2.54. The van der Waals surface area contributed by atoms with Crippen LogP contribution < -0.4 is 0 Å². The molecular weight excluding hydrogens is 206 g/mol. The third-order valence-electron chi connectivity index (χ3n) is 3.35. The highest BCUT2D eigenvalue weighted by atomic mass is 32.1. The molecule has 0 aromatic heterocycles. The molecule has 3 heteroatoms. The Labute approximate surface area is 99.5 Å². The molecule has 0 aliphatic heterocycles. The largest absolute Gasteiger partial charge is 0.395 e. The lowest BCUT2D eigenvalue weighted by atomic mass is 9.81. The van der Waals surface area contributed by atoms with Gasteiger partial charge in [0.15, 0.2) is 0 Å². The predicted molar refractivity (Wildman–Crippen MR) is 68.5 cm³/mol. The van der Waals surface area contributed by atoms with Gasteiger partial charge in [-0.1, -0.05) is 20.8 Å². The summed E-state index contributed by atoms with van der Waals surface area (Å²) >= 11 is 4.45. The van der Waals surface area contributed by atoms with Gasteiger partial charge in [-0.15, -0.1) is 0 Å². The average Bonchev–Trinajstić information content (AvgIpc) is 2.93. The van der Waals surface area contributed by atoms with Gasteiger partial charge in [0.2, 0.25) is 0 Å². The smallest absolute Gasteiger partial charge is 0.0558 e. The third kappa shape index (κ3) is 4.33. The molecule has 0 radical (unpaired) electrons. The number of aliphatic hydroxyl groups excluding tert-OH is 1. The van der Waals surface area contributed by atoms with Crippen molar-refractivity contribution in [3.63, 3.8) is 0 Å². The van der Waals surface area contributed by atoms with Gasteiger partial charge in [0.25, 0.3) is 0 Å². The van der Waals surface area contributed by atoms with Crippen molar-refractivity contribution in [3.05, 3.63) is 0 Å². The molecule has 90 valence electrons. The van der Waals surface area contributed by atoms with Crippen LogP contribution in [0.2, 0.25) is 0 Å². The Kier molecular flexibility index (Phi) is 4.94. The quantitative estimate of drug-likeness (QED) is 0.683.